The summed E-state index contributed by atoms with van der Waals surface area (Å²) >= 11 is 0. The number of fused-ring (bicyclic) bond motifs is 1. The van der Waals surface area contributed by atoms with E-state index in [1.807, 2.05) is 38.1 Å². The van der Waals surface area contributed by atoms with Crippen LogP contribution in [0.2, 0.25) is 0 Å². The van der Waals surface area contributed by atoms with E-state index in [1.54, 1.807) is 11.0 Å². The van der Waals surface area contributed by atoms with E-state index in [0.29, 0.717) is 38.3 Å². The van der Waals surface area contributed by atoms with Crippen LogP contribution in [0.15, 0.2) is 41.2 Å². The van der Waals surface area contributed by atoms with Crippen molar-refractivity contribution in [2.24, 2.45) is 5.92 Å². The zero-order valence-electron chi connectivity index (χ0n) is 16.8. The van der Waals surface area contributed by atoms with E-state index in [2.05, 4.69) is 10.3 Å². The maximum Gasteiger partial charge on any atom is 0.255 e. The summed E-state index contributed by atoms with van der Waals surface area (Å²) in [5.41, 5.74) is 0.863. The molecule has 0 aliphatic carbocycles. The average Bonchev–Trinajstić information content (AvgIpc) is 2.71. The number of rotatable bonds is 6. The third-order valence-corrected chi connectivity index (χ3v) is 4.84. The first-order chi connectivity index (χ1) is 13.9. The minimum atomic E-state index is -0.597. The van der Waals surface area contributed by atoms with Crippen LogP contribution < -0.4 is 10.9 Å². The standard InChI is InChI=1S/C22H27N3O4/c1-15(2)13-19(22(28)25-9-11-29-12-10-25)23-20(26)8-7-17-14-16-5-3-4-6-18(16)24-21(17)27/h3-8,14-15,19H,9-13H2,1-2H3,(H,23,26)(H,24,27)/b8-7+. The SMILES string of the molecule is CC(C)CC(NC(=O)/C=C/c1cc2ccccc2[nH]c1=O)C(=O)N1CCOCC1. The Bertz CT molecular complexity index is 958. The summed E-state index contributed by atoms with van der Waals surface area (Å²) in [7, 11) is 0. The molecule has 0 bridgehead atoms. The molecule has 7 heteroatoms. The van der Waals surface area contributed by atoms with Crippen LogP contribution in [-0.2, 0) is 14.3 Å². The monoisotopic (exact) mass is 397 g/mol. The third kappa shape index (κ3) is 5.54. The summed E-state index contributed by atoms with van der Waals surface area (Å²) < 4.78 is 5.30. The van der Waals surface area contributed by atoms with Gasteiger partial charge in [0.1, 0.15) is 6.04 Å². The highest BCUT2D eigenvalue weighted by Crippen LogP contribution is 2.12. The van der Waals surface area contributed by atoms with E-state index >= 15 is 0 Å². The molecule has 1 fully saturated rings. The minimum Gasteiger partial charge on any atom is -0.378 e. The van der Waals surface area contributed by atoms with Gasteiger partial charge >= 0.3 is 0 Å². The number of morpholine rings is 1. The van der Waals surface area contributed by atoms with Gasteiger partial charge in [-0.3, -0.25) is 14.4 Å². The molecule has 2 heterocycles. The predicted octanol–water partition coefficient (Wildman–Crippen LogP) is 1.93. The quantitative estimate of drug-likeness (QED) is 0.729. The summed E-state index contributed by atoms with van der Waals surface area (Å²) in [4.78, 5) is 42.0. The Hall–Kier alpha value is -2.93. The Morgan fingerprint density at radius 2 is 1.97 bits per heavy atom. The van der Waals surface area contributed by atoms with Crippen LogP contribution >= 0.6 is 0 Å². The van der Waals surface area contributed by atoms with Crippen molar-refractivity contribution in [2.45, 2.75) is 26.3 Å². The Morgan fingerprint density at radius 3 is 2.69 bits per heavy atom. The average molecular weight is 397 g/mol. The van der Waals surface area contributed by atoms with Crippen LogP contribution in [0.4, 0.5) is 0 Å². The lowest BCUT2D eigenvalue weighted by Crippen LogP contribution is -2.52. The smallest absolute Gasteiger partial charge is 0.255 e. The van der Waals surface area contributed by atoms with E-state index in [0.717, 1.165) is 10.9 Å². The molecule has 154 valence electrons. The number of carbonyl (C=O) groups excluding carboxylic acids is 2. The first-order valence-corrected chi connectivity index (χ1v) is 9.91. The van der Waals surface area contributed by atoms with Crippen LogP contribution in [0.1, 0.15) is 25.8 Å². The van der Waals surface area contributed by atoms with Gasteiger partial charge in [0.25, 0.3) is 5.56 Å². The van der Waals surface area contributed by atoms with Crippen LogP contribution in [0.25, 0.3) is 17.0 Å². The Balaban J connectivity index is 1.71. The molecule has 0 radical (unpaired) electrons. The molecule has 1 unspecified atom stereocenters. The summed E-state index contributed by atoms with van der Waals surface area (Å²) in [5, 5.41) is 3.68. The second kappa shape index (κ2) is 9.52. The van der Waals surface area contributed by atoms with E-state index < -0.39 is 11.9 Å². The summed E-state index contributed by atoms with van der Waals surface area (Å²) in [6.07, 6.45) is 3.33. The number of nitrogens with one attached hydrogen (secondary N) is 2. The molecule has 2 N–H and O–H groups in total. The number of pyridine rings is 1. The molecule has 1 aliphatic rings. The van der Waals surface area contributed by atoms with Gasteiger partial charge in [0.15, 0.2) is 0 Å². The third-order valence-electron chi connectivity index (χ3n) is 4.84. The van der Waals surface area contributed by atoms with Gasteiger partial charge < -0.3 is 19.9 Å². The van der Waals surface area contributed by atoms with Gasteiger partial charge in [0, 0.05) is 30.2 Å². The molecule has 1 aromatic heterocycles. The van der Waals surface area contributed by atoms with Crippen molar-refractivity contribution in [1.29, 1.82) is 0 Å². The fourth-order valence-corrected chi connectivity index (χ4v) is 3.37. The molecule has 1 saturated heterocycles. The lowest BCUT2D eigenvalue weighted by molar-refractivity contribution is -0.139. The zero-order valence-corrected chi connectivity index (χ0v) is 16.8. The van der Waals surface area contributed by atoms with E-state index in [-0.39, 0.29) is 17.4 Å². The number of nitrogens with zero attached hydrogens (tertiary/aromatic N) is 1. The van der Waals surface area contributed by atoms with Gasteiger partial charge in [0.05, 0.1) is 13.2 Å². The van der Waals surface area contributed by atoms with Crippen molar-refractivity contribution in [3.8, 4) is 0 Å². The molecule has 3 rings (SSSR count). The zero-order chi connectivity index (χ0) is 20.8. The molecule has 2 amide bonds. The Morgan fingerprint density at radius 1 is 1.24 bits per heavy atom. The van der Waals surface area contributed by atoms with E-state index in [9.17, 15) is 14.4 Å². The molecule has 1 aliphatic heterocycles. The molecule has 29 heavy (non-hydrogen) atoms. The number of aromatic amines is 1. The first-order valence-electron chi connectivity index (χ1n) is 9.91. The van der Waals surface area contributed by atoms with Crippen LogP contribution in [0.5, 0.6) is 0 Å². The van der Waals surface area contributed by atoms with Crippen LogP contribution in [0, 0.1) is 5.92 Å². The summed E-state index contributed by atoms with van der Waals surface area (Å²) in [5.74, 6) is -0.241. The van der Waals surface area contributed by atoms with Crippen molar-refractivity contribution in [3.63, 3.8) is 0 Å². The van der Waals surface area contributed by atoms with Crippen molar-refractivity contribution in [1.82, 2.24) is 15.2 Å². The second-order valence-electron chi connectivity index (χ2n) is 7.60. The van der Waals surface area contributed by atoms with Crippen molar-refractivity contribution < 1.29 is 14.3 Å². The molecule has 7 nitrogen and oxygen atoms in total. The Labute approximate surface area is 169 Å². The van der Waals surface area contributed by atoms with Crippen LogP contribution in [0.3, 0.4) is 0 Å². The number of benzene rings is 1. The maximum absolute atomic E-state index is 12.8. The molecular formula is C22H27N3O4. The molecule has 1 atom stereocenters. The largest absolute Gasteiger partial charge is 0.378 e. The van der Waals surface area contributed by atoms with Gasteiger partial charge in [-0.05, 0) is 35.9 Å². The number of hydrogen-bond acceptors (Lipinski definition) is 4. The fourth-order valence-electron chi connectivity index (χ4n) is 3.37. The number of hydrogen-bond donors (Lipinski definition) is 2. The number of carbonyl (C=O) groups is 2. The predicted molar refractivity (Wildman–Crippen MR) is 112 cm³/mol. The topological polar surface area (TPSA) is 91.5 Å². The van der Waals surface area contributed by atoms with Gasteiger partial charge in [-0.25, -0.2) is 0 Å². The van der Waals surface area contributed by atoms with Crippen molar-refractivity contribution in [2.75, 3.05) is 26.3 Å². The lowest BCUT2D eigenvalue weighted by atomic mass is 10.0. The van der Waals surface area contributed by atoms with Gasteiger partial charge in [-0.15, -0.1) is 0 Å². The van der Waals surface area contributed by atoms with E-state index in [1.165, 1.54) is 12.2 Å². The maximum atomic E-state index is 12.8. The second-order valence-corrected chi connectivity index (χ2v) is 7.60. The number of para-hydroxylation sites is 1. The minimum absolute atomic E-state index is 0.0905. The van der Waals surface area contributed by atoms with Gasteiger partial charge in [0.2, 0.25) is 11.8 Å². The highest BCUT2D eigenvalue weighted by atomic mass is 16.5. The number of aromatic nitrogens is 1. The normalized spacial score (nSPS) is 15.8. The number of ether oxygens (including phenoxy) is 1. The molecular weight excluding hydrogens is 370 g/mol. The van der Waals surface area contributed by atoms with Crippen LogP contribution in [-0.4, -0.2) is 54.0 Å². The lowest BCUT2D eigenvalue weighted by Gasteiger charge is -2.31. The molecule has 1 aromatic carbocycles. The highest BCUT2D eigenvalue weighted by molar-refractivity contribution is 5.96. The van der Waals surface area contributed by atoms with Gasteiger partial charge in [-0.1, -0.05) is 32.0 Å². The fraction of sp³-hybridized carbons (Fsp3) is 0.409. The summed E-state index contributed by atoms with van der Waals surface area (Å²) in [6, 6.07) is 8.59. The summed E-state index contributed by atoms with van der Waals surface area (Å²) in [6.45, 7) is 6.11. The first kappa shape index (κ1) is 20.8. The van der Waals surface area contributed by atoms with Crippen molar-refractivity contribution >= 4 is 28.8 Å². The Kier molecular flexibility index (Phi) is 6.82. The highest BCUT2D eigenvalue weighted by Gasteiger charge is 2.27. The molecule has 2 aromatic rings. The van der Waals surface area contributed by atoms with Gasteiger partial charge in [-0.2, -0.15) is 0 Å². The van der Waals surface area contributed by atoms with E-state index in [4.69, 9.17) is 4.74 Å². The molecule has 0 spiro atoms. The number of H-pyrrole nitrogens is 1. The molecule has 0 saturated carbocycles. The van der Waals surface area contributed by atoms with Crippen molar-refractivity contribution in [3.05, 3.63) is 52.3 Å². The number of amides is 2.